The number of piperidine rings is 1. The summed E-state index contributed by atoms with van der Waals surface area (Å²) >= 11 is 2.01. The second kappa shape index (κ2) is 6.13. The molecule has 2 aliphatic heterocycles. The van der Waals surface area contributed by atoms with Gasteiger partial charge in [0.1, 0.15) is 0 Å². The Bertz CT molecular complexity index is 595. The molecule has 0 amide bonds. The van der Waals surface area contributed by atoms with Crippen molar-refractivity contribution in [2.24, 2.45) is 0 Å². The molecule has 2 nitrogen and oxygen atoms in total. The van der Waals surface area contributed by atoms with Crippen molar-refractivity contribution in [3.05, 3.63) is 48.6 Å². The van der Waals surface area contributed by atoms with Crippen LogP contribution in [0.1, 0.15) is 19.3 Å². The van der Waals surface area contributed by atoms with E-state index in [0.29, 0.717) is 17.3 Å². The Hall–Kier alpha value is -1.19. The number of thioether (sulfide) groups is 1. The van der Waals surface area contributed by atoms with Gasteiger partial charge in [-0.15, -0.1) is 11.8 Å². The van der Waals surface area contributed by atoms with E-state index in [2.05, 4.69) is 65.4 Å². The number of anilines is 1. The van der Waals surface area contributed by atoms with Crippen LogP contribution in [0.3, 0.4) is 0 Å². The Morgan fingerprint density at radius 3 is 2.91 bits per heavy atom. The number of fused-ring (bicyclic) bond motifs is 2. The van der Waals surface area contributed by atoms with Crippen LogP contribution in [0.4, 0.5) is 5.69 Å². The molecule has 0 bridgehead atoms. The SMILES string of the molecule is CN1CCCCC1CN1c2ccccc2SC2C=CC=CC21. The van der Waals surface area contributed by atoms with E-state index in [1.54, 1.807) is 0 Å². The summed E-state index contributed by atoms with van der Waals surface area (Å²) in [6.07, 6.45) is 13.2. The second-order valence-electron chi connectivity index (χ2n) is 6.59. The highest BCUT2D eigenvalue weighted by Crippen LogP contribution is 2.43. The summed E-state index contributed by atoms with van der Waals surface area (Å²) in [5.74, 6) is 0. The lowest BCUT2D eigenvalue weighted by Crippen LogP contribution is -2.51. The van der Waals surface area contributed by atoms with Gasteiger partial charge in [0.25, 0.3) is 0 Å². The smallest absolute Gasteiger partial charge is 0.0634 e. The maximum Gasteiger partial charge on any atom is 0.0634 e. The molecular formula is C19H24N2S. The van der Waals surface area contributed by atoms with Crippen molar-refractivity contribution < 1.29 is 0 Å². The van der Waals surface area contributed by atoms with Gasteiger partial charge in [0.2, 0.25) is 0 Å². The monoisotopic (exact) mass is 312 g/mol. The molecule has 1 saturated heterocycles. The van der Waals surface area contributed by atoms with Gasteiger partial charge in [-0.1, -0.05) is 42.9 Å². The number of hydrogen-bond donors (Lipinski definition) is 0. The first-order valence-electron chi connectivity index (χ1n) is 8.40. The maximum absolute atomic E-state index is 2.66. The van der Waals surface area contributed by atoms with Crippen molar-refractivity contribution in [3.8, 4) is 0 Å². The molecule has 3 unspecified atom stereocenters. The fraction of sp³-hybridized carbons (Fsp3) is 0.474. The fourth-order valence-corrected chi connectivity index (χ4v) is 5.19. The highest BCUT2D eigenvalue weighted by Gasteiger charge is 2.34. The zero-order chi connectivity index (χ0) is 14.9. The van der Waals surface area contributed by atoms with Crippen molar-refractivity contribution in [1.82, 2.24) is 4.90 Å². The van der Waals surface area contributed by atoms with E-state index in [9.17, 15) is 0 Å². The Kier molecular flexibility index (Phi) is 4.01. The van der Waals surface area contributed by atoms with E-state index in [1.165, 1.54) is 36.4 Å². The van der Waals surface area contributed by atoms with Crippen molar-refractivity contribution in [1.29, 1.82) is 0 Å². The first-order chi connectivity index (χ1) is 10.8. The second-order valence-corrected chi connectivity index (χ2v) is 7.81. The third-order valence-electron chi connectivity index (χ3n) is 5.18. The molecule has 1 fully saturated rings. The predicted octanol–water partition coefficient (Wildman–Crippen LogP) is 3.95. The Morgan fingerprint density at radius 1 is 1.14 bits per heavy atom. The average molecular weight is 312 g/mol. The topological polar surface area (TPSA) is 6.48 Å². The van der Waals surface area contributed by atoms with Gasteiger partial charge in [-0.3, -0.25) is 0 Å². The minimum Gasteiger partial charge on any atom is -0.361 e. The van der Waals surface area contributed by atoms with E-state index in [4.69, 9.17) is 0 Å². The van der Waals surface area contributed by atoms with Crippen LogP contribution in [0.15, 0.2) is 53.5 Å². The lowest BCUT2D eigenvalue weighted by Gasteiger charge is -2.45. The molecular weight excluding hydrogens is 288 g/mol. The van der Waals surface area contributed by atoms with Crippen LogP contribution in [0.2, 0.25) is 0 Å². The standard InChI is InChI=1S/C19H24N2S/c1-20-13-7-6-8-15(20)14-21-16-9-2-4-11-18(16)22-19-12-5-3-10-17(19)21/h2-5,9-12,15-16,18H,6-8,13-14H2,1H3. The van der Waals surface area contributed by atoms with Gasteiger partial charge in [-0.05, 0) is 38.6 Å². The van der Waals surface area contributed by atoms with Crippen LogP contribution in [0.5, 0.6) is 0 Å². The van der Waals surface area contributed by atoms with Crippen molar-refractivity contribution >= 4 is 17.4 Å². The molecule has 2 heterocycles. The summed E-state index contributed by atoms with van der Waals surface area (Å²) in [6.45, 7) is 2.40. The van der Waals surface area contributed by atoms with Gasteiger partial charge in [0.15, 0.2) is 0 Å². The summed E-state index contributed by atoms with van der Waals surface area (Å²) in [6, 6.07) is 10.1. The van der Waals surface area contributed by atoms with Gasteiger partial charge >= 0.3 is 0 Å². The highest BCUT2D eigenvalue weighted by atomic mass is 32.2. The van der Waals surface area contributed by atoms with E-state index in [1.807, 2.05) is 11.8 Å². The first kappa shape index (κ1) is 14.4. The Labute approximate surface area is 137 Å². The molecule has 1 aromatic rings. The zero-order valence-corrected chi connectivity index (χ0v) is 14.0. The van der Waals surface area contributed by atoms with E-state index in [0.717, 1.165) is 6.54 Å². The van der Waals surface area contributed by atoms with E-state index in [-0.39, 0.29) is 0 Å². The van der Waals surface area contributed by atoms with Crippen LogP contribution >= 0.6 is 11.8 Å². The molecule has 1 aromatic carbocycles. The summed E-state index contributed by atoms with van der Waals surface area (Å²) in [4.78, 5) is 6.65. The molecule has 1 aliphatic carbocycles. The summed E-state index contributed by atoms with van der Waals surface area (Å²) in [5, 5.41) is 0.550. The van der Waals surface area contributed by atoms with Crippen molar-refractivity contribution in [2.75, 3.05) is 25.0 Å². The minimum atomic E-state index is 0.500. The molecule has 0 radical (unpaired) electrons. The molecule has 4 rings (SSSR count). The van der Waals surface area contributed by atoms with Crippen LogP contribution in [-0.2, 0) is 0 Å². The summed E-state index contributed by atoms with van der Waals surface area (Å²) < 4.78 is 0. The van der Waals surface area contributed by atoms with Crippen molar-refractivity contribution in [2.45, 2.75) is 41.5 Å². The minimum absolute atomic E-state index is 0.500. The number of hydrogen-bond acceptors (Lipinski definition) is 3. The van der Waals surface area contributed by atoms with Crippen molar-refractivity contribution in [3.63, 3.8) is 0 Å². The number of rotatable bonds is 2. The summed E-state index contributed by atoms with van der Waals surface area (Å²) in [7, 11) is 2.29. The maximum atomic E-state index is 2.66. The molecule has 3 aliphatic rings. The van der Waals surface area contributed by atoms with Gasteiger partial charge in [0.05, 0.1) is 17.0 Å². The molecule has 3 heteroatoms. The van der Waals surface area contributed by atoms with Gasteiger partial charge in [-0.25, -0.2) is 0 Å². The zero-order valence-electron chi connectivity index (χ0n) is 13.2. The molecule has 3 atom stereocenters. The largest absolute Gasteiger partial charge is 0.361 e. The van der Waals surface area contributed by atoms with Gasteiger partial charge in [-0.2, -0.15) is 0 Å². The van der Waals surface area contributed by atoms with E-state index >= 15 is 0 Å². The Balaban J connectivity index is 1.65. The van der Waals surface area contributed by atoms with Crippen LogP contribution in [0, 0.1) is 0 Å². The fourth-order valence-electron chi connectivity index (χ4n) is 3.89. The number of benzene rings is 1. The number of nitrogens with zero attached hydrogens (tertiary/aromatic N) is 2. The normalized spacial score (nSPS) is 31.0. The lowest BCUT2D eigenvalue weighted by molar-refractivity contribution is 0.187. The van der Waals surface area contributed by atoms with Gasteiger partial charge in [0, 0.05) is 17.5 Å². The van der Waals surface area contributed by atoms with Crippen LogP contribution < -0.4 is 4.90 Å². The molecule has 22 heavy (non-hydrogen) atoms. The quantitative estimate of drug-likeness (QED) is 0.816. The molecule has 0 N–H and O–H groups in total. The van der Waals surface area contributed by atoms with Crippen LogP contribution in [-0.4, -0.2) is 42.4 Å². The third-order valence-corrected chi connectivity index (χ3v) is 6.49. The van der Waals surface area contributed by atoms with Gasteiger partial charge < -0.3 is 9.80 Å². The molecule has 0 spiro atoms. The van der Waals surface area contributed by atoms with E-state index < -0.39 is 0 Å². The molecule has 0 saturated carbocycles. The third kappa shape index (κ3) is 2.61. The highest BCUT2D eigenvalue weighted by molar-refractivity contribution is 8.00. The van der Waals surface area contributed by atoms with Crippen LogP contribution in [0.25, 0.3) is 0 Å². The first-order valence-corrected chi connectivity index (χ1v) is 9.28. The predicted molar refractivity (Wildman–Crippen MR) is 95.8 cm³/mol. The number of allylic oxidation sites excluding steroid dienone is 2. The summed E-state index contributed by atoms with van der Waals surface area (Å²) in [5.41, 5.74) is 1.42. The lowest BCUT2D eigenvalue weighted by atomic mass is 9.99. The average Bonchev–Trinajstić information content (AvgIpc) is 2.56. The Morgan fingerprint density at radius 2 is 2.00 bits per heavy atom. The molecule has 116 valence electrons. The number of para-hydroxylation sites is 1. The molecule has 0 aromatic heterocycles. The number of likely N-dealkylation sites (tertiary alicyclic amines) is 1. The number of likely N-dealkylation sites (N-methyl/N-ethyl adjacent to an activating group) is 1.